The molecule has 1 aromatic heterocycles. The minimum absolute atomic E-state index is 0.370. The highest BCUT2D eigenvalue weighted by molar-refractivity contribution is 5.13. The summed E-state index contributed by atoms with van der Waals surface area (Å²) >= 11 is 0. The number of hydrogen-bond donors (Lipinski definition) is 1. The molecule has 0 aliphatic heterocycles. The number of aromatic nitrogens is 1. The van der Waals surface area contributed by atoms with Crippen molar-refractivity contribution >= 4 is 0 Å². The van der Waals surface area contributed by atoms with Crippen LogP contribution in [0.5, 0.6) is 0 Å². The van der Waals surface area contributed by atoms with Crippen LogP contribution in [-0.4, -0.2) is 24.2 Å². The van der Waals surface area contributed by atoms with E-state index in [4.69, 9.17) is 4.74 Å². The van der Waals surface area contributed by atoms with E-state index in [0.29, 0.717) is 18.2 Å². The summed E-state index contributed by atoms with van der Waals surface area (Å²) in [5.74, 6) is 0. The standard InChI is InChI=1S/C13H20N2O/c1-10(11-4-3-7-14-9-11)15-12-5-6-13(8-12)16-2/h3-4,7,9-10,12-13,15H,5-6,8H2,1-2H3. The molecule has 0 aromatic carbocycles. The van der Waals surface area contributed by atoms with Gasteiger partial charge in [-0.05, 0) is 37.8 Å². The first kappa shape index (κ1) is 11.6. The lowest BCUT2D eigenvalue weighted by atomic mass is 10.1. The number of nitrogens with one attached hydrogen (secondary N) is 1. The first-order valence-corrected chi connectivity index (χ1v) is 5.98. The summed E-state index contributed by atoms with van der Waals surface area (Å²) in [5.41, 5.74) is 1.25. The third-order valence-electron chi connectivity index (χ3n) is 3.39. The zero-order chi connectivity index (χ0) is 11.4. The quantitative estimate of drug-likeness (QED) is 0.845. The molecule has 3 heteroatoms. The van der Waals surface area contributed by atoms with E-state index in [1.807, 2.05) is 18.5 Å². The first-order valence-electron chi connectivity index (χ1n) is 5.98. The van der Waals surface area contributed by atoms with E-state index in [1.54, 1.807) is 7.11 Å². The SMILES string of the molecule is COC1CCC(NC(C)c2cccnc2)C1. The van der Waals surface area contributed by atoms with Crippen LogP contribution in [0.1, 0.15) is 37.8 Å². The molecule has 1 N–H and O–H groups in total. The summed E-state index contributed by atoms with van der Waals surface area (Å²) in [6.45, 7) is 2.19. The molecule has 1 fully saturated rings. The minimum Gasteiger partial charge on any atom is -0.381 e. The van der Waals surface area contributed by atoms with Crippen molar-refractivity contribution in [3.05, 3.63) is 30.1 Å². The lowest BCUT2D eigenvalue weighted by Crippen LogP contribution is -2.29. The van der Waals surface area contributed by atoms with Crippen molar-refractivity contribution in [2.45, 2.75) is 44.4 Å². The van der Waals surface area contributed by atoms with Gasteiger partial charge >= 0.3 is 0 Å². The van der Waals surface area contributed by atoms with Crippen molar-refractivity contribution in [3.63, 3.8) is 0 Å². The van der Waals surface area contributed by atoms with Crippen LogP contribution in [0.4, 0.5) is 0 Å². The maximum atomic E-state index is 5.38. The van der Waals surface area contributed by atoms with Gasteiger partial charge in [-0.3, -0.25) is 4.98 Å². The highest BCUT2D eigenvalue weighted by Crippen LogP contribution is 2.24. The Hall–Kier alpha value is -0.930. The molecular formula is C13H20N2O. The topological polar surface area (TPSA) is 34.1 Å². The molecule has 1 aliphatic carbocycles. The maximum absolute atomic E-state index is 5.38. The van der Waals surface area contributed by atoms with Crippen LogP contribution >= 0.6 is 0 Å². The van der Waals surface area contributed by atoms with Gasteiger partial charge in [-0.15, -0.1) is 0 Å². The van der Waals surface area contributed by atoms with Gasteiger partial charge in [0.2, 0.25) is 0 Å². The molecule has 2 rings (SSSR count). The number of ether oxygens (including phenoxy) is 1. The summed E-state index contributed by atoms with van der Waals surface area (Å²) in [4.78, 5) is 4.15. The molecule has 0 bridgehead atoms. The van der Waals surface area contributed by atoms with Crippen molar-refractivity contribution in [1.82, 2.24) is 10.3 Å². The molecule has 3 unspecified atom stereocenters. The zero-order valence-electron chi connectivity index (χ0n) is 10.0. The van der Waals surface area contributed by atoms with E-state index in [2.05, 4.69) is 23.3 Å². The number of pyridine rings is 1. The number of rotatable bonds is 4. The predicted molar refractivity (Wildman–Crippen MR) is 64.2 cm³/mol. The molecule has 16 heavy (non-hydrogen) atoms. The van der Waals surface area contributed by atoms with Crippen LogP contribution in [0, 0.1) is 0 Å². The van der Waals surface area contributed by atoms with Gasteiger partial charge in [0.05, 0.1) is 6.10 Å². The fourth-order valence-corrected chi connectivity index (χ4v) is 2.39. The summed E-state index contributed by atoms with van der Waals surface area (Å²) < 4.78 is 5.38. The van der Waals surface area contributed by atoms with Crippen LogP contribution in [0.25, 0.3) is 0 Å². The molecule has 88 valence electrons. The Bertz CT molecular complexity index is 315. The number of methoxy groups -OCH3 is 1. The first-order chi connectivity index (χ1) is 7.79. The Morgan fingerprint density at radius 1 is 1.50 bits per heavy atom. The molecule has 0 spiro atoms. The average molecular weight is 220 g/mol. The molecule has 1 aliphatic rings. The van der Waals surface area contributed by atoms with Gasteiger partial charge in [0.25, 0.3) is 0 Å². The zero-order valence-corrected chi connectivity index (χ0v) is 10.0. The molecule has 0 amide bonds. The van der Waals surface area contributed by atoms with Gasteiger partial charge in [-0.2, -0.15) is 0 Å². The Kier molecular flexibility index (Phi) is 3.91. The van der Waals surface area contributed by atoms with Gasteiger partial charge in [0.1, 0.15) is 0 Å². The third-order valence-corrected chi connectivity index (χ3v) is 3.39. The second kappa shape index (κ2) is 5.41. The highest BCUT2D eigenvalue weighted by Gasteiger charge is 2.25. The van der Waals surface area contributed by atoms with Crippen molar-refractivity contribution in [2.24, 2.45) is 0 Å². The van der Waals surface area contributed by atoms with E-state index in [9.17, 15) is 0 Å². The number of nitrogens with zero attached hydrogens (tertiary/aromatic N) is 1. The van der Waals surface area contributed by atoms with Gasteiger partial charge in [-0.25, -0.2) is 0 Å². The van der Waals surface area contributed by atoms with Crippen molar-refractivity contribution in [2.75, 3.05) is 7.11 Å². The summed E-state index contributed by atoms with van der Waals surface area (Å²) in [6.07, 6.45) is 7.70. The van der Waals surface area contributed by atoms with Gasteiger partial charge in [0, 0.05) is 31.6 Å². The van der Waals surface area contributed by atoms with Gasteiger partial charge in [-0.1, -0.05) is 6.07 Å². The lowest BCUT2D eigenvalue weighted by molar-refractivity contribution is 0.106. The summed E-state index contributed by atoms with van der Waals surface area (Å²) in [7, 11) is 1.80. The van der Waals surface area contributed by atoms with Crippen LogP contribution in [0.3, 0.4) is 0 Å². The van der Waals surface area contributed by atoms with Crippen molar-refractivity contribution in [3.8, 4) is 0 Å². The lowest BCUT2D eigenvalue weighted by Gasteiger charge is -2.19. The average Bonchev–Trinajstić information content (AvgIpc) is 2.78. The Morgan fingerprint density at radius 2 is 2.38 bits per heavy atom. The normalized spacial score (nSPS) is 26.9. The molecule has 3 nitrogen and oxygen atoms in total. The molecular weight excluding hydrogens is 200 g/mol. The summed E-state index contributed by atoms with van der Waals surface area (Å²) in [5, 5.41) is 3.64. The smallest absolute Gasteiger partial charge is 0.0586 e. The molecule has 1 heterocycles. The molecule has 1 saturated carbocycles. The summed E-state index contributed by atoms with van der Waals surface area (Å²) in [6, 6.07) is 5.06. The van der Waals surface area contributed by atoms with Crippen LogP contribution in [0.2, 0.25) is 0 Å². The Morgan fingerprint density at radius 3 is 3.00 bits per heavy atom. The van der Waals surface area contributed by atoms with E-state index >= 15 is 0 Å². The van der Waals surface area contributed by atoms with Gasteiger partial charge in [0.15, 0.2) is 0 Å². The Balaban J connectivity index is 1.86. The van der Waals surface area contributed by atoms with Crippen LogP contribution in [0.15, 0.2) is 24.5 Å². The fraction of sp³-hybridized carbons (Fsp3) is 0.615. The predicted octanol–water partition coefficient (Wildman–Crippen LogP) is 2.30. The van der Waals surface area contributed by atoms with E-state index in [0.717, 1.165) is 6.42 Å². The second-order valence-corrected chi connectivity index (χ2v) is 4.54. The van der Waals surface area contributed by atoms with E-state index in [-0.39, 0.29) is 0 Å². The molecule has 3 atom stereocenters. The highest BCUT2D eigenvalue weighted by atomic mass is 16.5. The monoisotopic (exact) mass is 220 g/mol. The third kappa shape index (κ3) is 2.80. The largest absolute Gasteiger partial charge is 0.381 e. The van der Waals surface area contributed by atoms with E-state index in [1.165, 1.54) is 18.4 Å². The molecule has 1 aromatic rings. The maximum Gasteiger partial charge on any atom is 0.0586 e. The Labute approximate surface area is 97.2 Å². The second-order valence-electron chi connectivity index (χ2n) is 4.54. The molecule has 0 saturated heterocycles. The molecule has 0 radical (unpaired) electrons. The van der Waals surface area contributed by atoms with E-state index < -0.39 is 0 Å². The van der Waals surface area contributed by atoms with Crippen molar-refractivity contribution in [1.29, 1.82) is 0 Å². The van der Waals surface area contributed by atoms with Crippen molar-refractivity contribution < 1.29 is 4.74 Å². The van der Waals surface area contributed by atoms with Crippen LogP contribution in [-0.2, 0) is 4.74 Å². The fourth-order valence-electron chi connectivity index (χ4n) is 2.39. The van der Waals surface area contributed by atoms with Gasteiger partial charge < -0.3 is 10.1 Å². The minimum atomic E-state index is 0.370. The number of hydrogen-bond acceptors (Lipinski definition) is 3. The van der Waals surface area contributed by atoms with Crippen LogP contribution < -0.4 is 5.32 Å².